The van der Waals surface area contributed by atoms with E-state index in [4.69, 9.17) is 11.0 Å². The molecule has 0 aliphatic rings. The van der Waals surface area contributed by atoms with Gasteiger partial charge in [0.2, 0.25) is 5.95 Å². The Morgan fingerprint density at radius 2 is 2.00 bits per heavy atom. The van der Waals surface area contributed by atoms with Crippen LogP contribution in [0.15, 0.2) is 36.7 Å². The molecule has 2 rings (SSSR count). The molecule has 0 atom stereocenters. The van der Waals surface area contributed by atoms with E-state index in [1.807, 2.05) is 19.2 Å². The predicted molar refractivity (Wildman–Crippen MR) is 65.7 cm³/mol. The molecule has 0 saturated carbocycles. The average molecular weight is 225 g/mol. The third-order valence-corrected chi connectivity index (χ3v) is 2.32. The molecule has 0 spiro atoms. The zero-order valence-corrected chi connectivity index (χ0v) is 9.33. The van der Waals surface area contributed by atoms with Gasteiger partial charge in [0.15, 0.2) is 0 Å². The van der Waals surface area contributed by atoms with Crippen LogP contribution in [0.25, 0.3) is 0 Å². The fraction of sp³-hybridized carbons (Fsp3) is 0.0833. The Bertz CT molecular complexity index is 556. The molecule has 2 aromatic rings. The van der Waals surface area contributed by atoms with Crippen molar-refractivity contribution in [1.29, 1.82) is 5.26 Å². The van der Waals surface area contributed by atoms with Gasteiger partial charge in [-0.1, -0.05) is 6.07 Å². The van der Waals surface area contributed by atoms with Gasteiger partial charge in [0.1, 0.15) is 0 Å². The van der Waals surface area contributed by atoms with E-state index in [-0.39, 0.29) is 0 Å². The molecule has 84 valence electrons. The van der Waals surface area contributed by atoms with Gasteiger partial charge in [0.25, 0.3) is 0 Å². The van der Waals surface area contributed by atoms with Crippen LogP contribution < -0.4 is 10.6 Å². The van der Waals surface area contributed by atoms with Crippen LogP contribution in [-0.2, 0) is 0 Å². The Balaban J connectivity index is 2.33. The predicted octanol–water partition coefficient (Wildman–Crippen LogP) is 1.70. The van der Waals surface area contributed by atoms with Crippen LogP contribution in [0, 0.1) is 11.3 Å². The van der Waals surface area contributed by atoms with Crippen LogP contribution in [0.3, 0.4) is 0 Å². The molecule has 0 amide bonds. The molecule has 0 radical (unpaired) electrons. The Kier molecular flexibility index (Phi) is 2.88. The summed E-state index contributed by atoms with van der Waals surface area (Å²) in [5, 5.41) is 8.83. The van der Waals surface area contributed by atoms with E-state index in [9.17, 15) is 0 Å². The van der Waals surface area contributed by atoms with Crippen LogP contribution in [0.4, 0.5) is 17.3 Å². The highest BCUT2D eigenvalue weighted by molar-refractivity contribution is 5.59. The van der Waals surface area contributed by atoms with Gasteiger partial charge in [-0.3, -0.25) is 0 Å². The normalized spacial score (nSPS) is 9.65. The number of rotatable bonds is 2. The fourth-order valence-electron chi connectivity index (χ4n) is 1.40. The molecule has 17 heavy (non-hydrogen) atoms. The Morgan fingerprint density at radius 3 is 2.65 bits per heavy atom. The van der Waals surface area contributed by atoms with Gasteiger partial charge in [0, 0.05) is 12.7 Å². The minimum absolute atomic E-state index is 0.521. The van der Waals surface area contributed by atoms with E-state index < -0.39 is 0 Å². The first-order chi connectivity index (χ1) is 8.20. The minimum atomic E-state index is 0.521. The van der Waals surface area contributed by atoms with Crippen molar-refractivity contribution < 1.29 is 0 Å². The number of hydrogen-bond donors (Lipinski definition) is 1. The standard InChI is InChI=1S/C12H11N5/c1-17(12-15-7-10(14)8-16-12)11-4-2-3-9(5-11)6-13/h2-5,7-8H,14H2,1H3. The SMILES string of the molecule is CN(c1cccc(C#N)c1)c1ncc(N)cn1. The molecule has 5 heteroatoms. The fourth-order valence-corrected chi connectivity index (χ4v) is 1.40. The van der Waals surface area contributed by atoms with Crippen LogP contribution in [0.2, 0.25) is 0 Å². The van der Waals surface area contributed by atoms with E-state index in [2.05, 4.69) is 16.0 Å². The van der Waals surface area contributed by atoms with Gasteiger partial charge in [-0.15, -0.1) is 0 Å². The van der Waals surface area contributed by atoms with Crippen molar-refractivity contribution in [2.75, 3.05) is 17.7 Å². The molecule has 0 unspecified atom stereocenters. The van der Waals surface area contributed by atoms with Gasteiger partial charge in [-0.25, -0.2) is 9.97 Å². The quantitative estimate of drug-likeness (QED) is 0.841. The minimum Gasteiger partial charge on any atom is -0.396 e. The van der Waals surface area contributed by atoms with E-state index in [0.717, 1.165) is 5.69 Å². The number of benzene rings is 1. The molecule has 0 saturated heterocycles. The van der Waals surface area contributed by atoms with Crippen molar-refractivity contribution in [2.45, 2.75) is 0 Å². The second-order valence-electron chi connectivity index (χ2n) is 3.54. The summed E-state index contributed by atoms with van der Waals surface area (Å²) in [5.41, 5.74) is 7.50. The van der Waals surface area contributed by atoms with Gasteiger partial charge >= 0.3 is 0 Å². The third kappa shape index (κ3) is 2.32. The molecule has 2 N–H and O–H groups in total. The third-order valence-electron chi connectivity index (χ3n) is 2.32. The van der Waals surface area contributed by atoms with Gasteiger partial charge < -0.3 is 10.6 Å². The van der Waals surface area contributed by atoms with Crippen LogP contribution in [0.5, 0.6) is 0 Å². The van der Waals surface area contributed by atoms with Crippen LogP contribution in [0.1, 0.15) is 5.56 Å². The molecular formula is C12H11N5. The van der Waals surface area contributed by atoms with E-state index in [1.54, 1.807) is 29.4 Å². The average Bonchev–Trinajstić information content (AvgIpc) is 2.39. The van der Waals surface area contributed by atoms with Crippen molar-refractivity contribution in [3.63, 3.8) is 0 Å². The van der Waals surface area contributed by atoms with Gasteiger partial charge in [-0.2, -0.15) is 5.26 Å². The summed E-state index contributed by atoms with van der Waals surface area (Å²) in [4.78, 5) is 10.0. The summed E-state index contributed by atoms with van der Waals surface area (Å²) in [6.07, 6.45) is 3.10. The number of nitrogens with two attached hydrogens (primary N) is 1. The summed E-state index contributed by atoms with van der Waals surface area (Å²) in [6.45, 7) is 0. The lowest BCUT2D eigenvalue weighted by atomic mass is 10.2. The first kappa shape index (κ1) is 10.9. The lowest BCUT2D eigenvalue weighted by Crippen LogP contribution is -2.13. The highest BCUT2D eigenvalue weighted by Crippen LogP contribution is 2.20. The zero-order valence-electron chi connectivity index (χ0n) is 9.33. The Labute approximate surface area is 99.1 Å². The zero-order chi connectivity index (χ0) is 12.3. The lowest BCUT2D eigenvalue weighted by molar-refractivity contribution is 1.04. The molecule has 1 aromatic carbocycles. The number of nitrogens with zero attached hydrogens (tertiary/aromatic N) is 4. The van der Waals surface area contributed by atoms with Crippen molar-refractivity contribution in [3.05, 3.63) is 42.2 Å². The smallest absolute Gasteiger partial charge is 0.229 e. The maximum absolute atomic E-state index is 8.83. The summed E-state index contributed by atoms with van der Waals surface area (Å²) >= 11 is 0. The topological polar surface area (TPSA) is 78.8 Å². The van der Waals surface area contributed by atoms with Gasteiger partial charge in [0.05, 0.1) is 29.7 Å². The van der Waals surface area contributed by atoms with E-state index in [0.29, 0.717) is 17.2 Å². The summed E-state index contributed by atoms with van der Waals surface area (Å²) < 4.78 is 0. The molecule has 0 aliphatic heterocycles. The monoisotopic (exact) mass is 225 g/mol. The molecular weight excluding hydrogens is 214 g/mol. The molecule has 0 aliphatic carbocycles. The van der Waals surface area contributed by atoms with Crippen molar-refractivity contribution in [1.82, 2.24) is 9.97 Å². The van der Waals surface area contributed by atoms with Crippen molar-refractivity contribution in [3.8, 4) is 6.07 Å². The van der Waals surface area contributed by atoms with E-state index >= 15 is 0 Å². The number of hydrogen-bond acceptors (Lipinski definition) is 5. The first-order valence-corrected chi connectivity index (χ1v) is 5.02. The van der Waals surface area contributed by atoms with Crippen molar-refractivity contribution in [2.24, 2.45) is 0 Å². The number of anilines is 3. The first-order valence-electron chi connectivity index (χ1n) is 5.02. The maximum atomic E-state index is 8.83. The molecule has 0 fully saturated rings. The molecule has 5 nitrogen and oxygen atoms in total. The second-order valence-corrected chi connectivity index (χ2v) is 3.54. The summed E-state index contributed by atoms with van der Waals surface area (Å²) in [7, 11) is 1.84. The summed E-state index contributed by atoms with van der Waals surface area (Å²) in [6, 6.07) is 9.33. The molecule has 0 bridgehead atoms. The van der Waals surface area contributed by atoms with Gasteiger partial charge in [-0.05, 0) is 18.2 Å². The Hall–Kier alpha value is -2.61. The van der Waals surface area contributed by atoms with Crippen LogP contribution in [-0.4, -0.2) is 17.0 Å². The second kappa shape index (κ2) is 4.49. The number of nitriles is 1. The number of aromatic nitrogens is 2. The molecule has 1 heterocycles. The largest absolute Gasteiger partial charge is 0.396 e. The lowest BCUT2D eigenvalue weighted by Gasteiger charge is -2.16. The highest BCUT2D eigenvalue weighted by atomic mass is 15.2. The van der Waals surface area contributed by atoms with E-state index in [1.165, 1.54) is 0 Å². The van der Waals surface area contributed by atoms with Crippen molar-refractivity contribution >= 4 is 17.3 Å². The Morgan fingerprint density at radius 1 is 1.29 bits per heavy atom. The van der Waals surface area contributed by atoms with Crippen LogP contribution >= 0.6 is 0 Å². The maximum Gasteiger partial charge on any atom is 0.229 e. The summed E-state index contributed by atoms with van der Waals surface area (Å²) in [5.74, 6) is 0.536. The molecule has 1 aromatic heterocycles. The highest BCUT2D eigenvalue weighted by Gasteiger charge is 2.06. The number of nitrogen functional groups attached to an aromatic ring is 1.